The van der Waals surface area contributed by atoms with Gasteiger partial charge in [-0.05, 0) is 97.5 Å². The van der Waals surface area contributed by atoms with E-state index in [9.17, 15) is 9.59 Å². The van der Waals surface area contributed by atoms with E-state index < -0.39 is 5.97 Å². The van der Waals surface area contributed by atoms with Crippen molar-refractivity contribution in [2.24, 2.45) is 5.92 Å². The van der Waals surface area contributed by atoms with Crippen molar-refractivity contribution < 1.29 is 19.4 Å². The summed E-state index contributed by atoms with van der Waals surface area (Å²) in [6, 6.07) is 17.1. The first kappa shape index (κ1) is 29.4. The minimum Gasteiger partial charge on any atom is -0.493 e. The highest BCUT2D eigenvalue weighted by molar-refractivity contribution is 7.14. The van der Waals surface area contributed by atoms with E-state index in [1.807, 2.05) is 12.1 Å². The van der Waals surface area contributed by atoms with Crippen molar-refractivity contribution in [2.75, 3.05) is 13.2 Å². The molecule has 0 fully saturated rings. The molecule has 0 aliphatic heterocycles. The zero-order valence-electron chi connectivity index (χ0n) is 23.1. The standard InChI is InChI=1S/C32H41NO4S/c1-5-6-7-8-25-10-12-26(13-11-25)31-23(3)19-27(20-24(31)4)37-21-22(2)9-14-28-15-16-29(38-28)32(36)33-18-17-30(34)35/h10-13,15-16,19-20,22H,5-9,14,17-18,21H2,1-4H3,(H,33,36)(H,34,35). The molecule has 0 bridgehead atoms. The monoisotopic (exact) mass is 535 g/mol. The lowest BCUT2D eigenvalue weighted by Crippen LogP contribution is -2.25. The van der Waals surface area contributed by atoms with E-state index >= 15 is 0 Å². The highest BCUT2D eigenvalue weighted by Crippen LogP contribution is 2.32. The van der Waals surface area contributed by atoms with Crippen LogP contribution >= 0.6 is 11.3 Å². The normalized spacial score (nSPS) is 11.8. The Labute approximate surface area is 231 Å². The first-order valence-electron chi connectivity index (χ1n) is 13.7. The number of hydrogen-bond acceptors (Lipinski definition) is 4. The Bertz CT molecular complexity index is 1180. The number of carbonyl (C=O) groups is 2. The van der Waals surface area contributed by atoms with Crippen LogP contribution in [0.5, 0.6) is 5.75 Å². The van der Waals surface area contributed by atoms with Crippen molar-refractivity contribution in [3.05, 3.63) is 75.0 Å². The predicted molar refractivity (Wildman–Crippen MR) is 156 cm³/mol. The van der Waals surface area contributed by atoms with Gasteiger partial charge in [0.05, 0.1) is 17.9 Å². The van der Waals surface area contributed by atoms with Crippen LogP contribution < -0.4 is 10.1 Å². The molecule has 2 aromatic carbocycles. The Morgan fingerprint density at radius 1 is 1.00 bits per heavy atom. The predicted octanol–water partition coefficient (Wildman–Crippen LogP) is 7.62. The van der Waals surface area contributed by atoms with E-state index in [0.29, 0.717) is 17.4 Å². The van der Waals surface area contributed by atoms with Crippen LogP contribution in [0.2, 0.25) is 0 Å². The van der Waals surface area contributed by atoms with Gasteiger partial charge in [0.25, 0.3) is 5.91 Å². The number of rotatable bonds is 15. The molecule has 1 atom stereocenters. The Kier molecular flexibility index (Phi) is 11.4. The van der Waals surface area contributed by atoms with Crippen molar-refractivity contribution in [1.29, 1.82) is 0 Å². The zero-order chi connectivity index (χ0) is 27.5. The topological polar surface area (TPSA) is 75.6 Å². The third-order valence-electron chi connectivity index (χ3n) is 6.75. The van der Waals surface area contributed by atoms with Crippen LogP contribution in [-0.4, -0.2) is 30.1 Å². The van der Waals surface area contributed by atoms with Gasteiger partial charge in [0.15, 0.2) is 0 Å². The van der Waals surface area contributed by atoms with Crippen LogP contribution in [0.15, 0.2) is 48.5 Å². The Hall–Kier alpha value is -3.12. The van der Waals surface area contributed by atoms with Gasteiger partial charge in [-0.25, -0.2) is 0 Å². The number of thiophene rings is 1. The summed E-state index contributed by atoms with van der Waals surface area (Å²) in [7, 11) is 0. The van der Waals surface area contributed by atoms with Crippen LogP contribution in [0.3, 0.4) is 0 Å². The van der Waals surface area contributed by atoms with Gasteiger partial charge in [0, 0.05) is 11.4 Å². The fourth-order valence-corrected chi connectivity index (χ4v) is 5.53. The lowest BCUT2D eigenvalue weighted by Gasteiger charge is -2.16. The second kappa shape index (κ2) is 14.7. The van der Waals surface area contributed by atoms with Gasteiger partial charge < -0.3 is 15.2 Å². The number of aliphatic carboxylic acids is 1. The summed E-state index contributed by atoms with van der Waals surface area (Å²) >= 11 is 1.46. The number of carboxylic acids is 1. The van der Waals surface area contributed by atoms with Gasteiger partial charge in [-0.2, -0.15) is 0 Å². The molecule has 0 aliphatic carbocycles. The van der Waals surface area contributed by atoms with Crippen LogP contribution in [-0.2, 0) is 17.6 Å². The fourth-order valence-electron chi connectivity index (χ4n) is 4.59. The Balaban J connectivity index is 1.49. The van der Waals surface area contributed by atoms with E-state index in [0.717, 1.165) is 29.9 Å². The second-order valence-electron chi connectivity index (χ2n) is 10.2. The summed E-state index contributed by atoms with van der Waals surface area (Å²) in [5, 5.41) is 11.4. The van der Waals surface area contributed by atoms with Crippen molar-refractivity contribution in [3.8, 4) is 16.9 Å². The molecule has 0 saturated heterocycles. The van der Waals surface area contributed by atoms with Gasteiger partial charge in [0.2, 0.25) is 0 Å². The molecule has 1 heterocycles. The number of unbranched alkanes of at least 4 members (excludes halogenated alkanes) is 2. The quantitative estimate of drug-likeness (QED) is 0.196. The SMILES string of the molecule is CCCCCc1ccc(-c2c(C)cc(OCC(C)CCc3ccc(C(=O)NCCC(=O)O)s3)cc2C)cc1. The highest BCUT2D eigenvalue weighted by Gasteiger charge is 2.13. The molecule has 0 spiro atoms. The highest BCUT2D eigenvalue weighted by atomic mass is 32.1. The third-order valence-corrected chi connectivity index (χ3v) is 7.89. The van der Waals surface area contributed by atoms with E-state index in [2.05, 4.69) is 69.4 Å². The van der Waals surface area contributed by atoms with Gasteiger partial charge in [-0.15, -0.1) is 11.3 Å². The third kappa shape index (κ3) is 9.02. The molecule has 1 aromatic heterocycles. The molecule has 1 amide bonds. The number of amides is 1. The average molecular weight is 536 g/mol. The van der Waals surface area contributed by atoms with Crippen molar-refractivity contribution in [1.82, 2.24) is 5.32 Å². The van der Waals surface area contributed by atoms with Crippen molar-refractivity contribution in [3.63, 3.8) is 0 Å². The molecule has 0 aliphatic rings. The van der Waals surface area contributed by atoms with Crippen molar-refractivity contribution in [2.45, 2.75) is 72.6 Å². The van der Waals surface area contributed by atoms with Crippen LogP contribution in [0.1, 0.15) is 77.2 Å². The molecule has 38 heavy (non-hydrogen) atoms. The van der Waals surface area contributed by atoms with Crippen LogP contribution in [0, 0.1) is 19.8 Å². The largest absolute Gasteiger partial charge is 0.493 e. The molecule has 0 saturated carbocycles. The summed E-state index contributed by atoms with van der Waals surface area (Å²) in [6.07, 6.45) is 6.69. The van der Waals surface area contributed by atoms with Gasteiger partial charge in [-0.1, -0.05) is 51.0 Å². The van der Waals surface area contributed by atoms with E-state index in [4.69, 9.17) is 9.84 Å². The lowest BCUT2D eigenvalue weighted by atomic mass is 9.94. The van der Waals surface area contributed by atoms with E-state index in [1.54, 1.807) is 0 Å². The Morgan fingerprint density at radius 2 is 1.71 bits per heavy atom. The number of carboxylic acid groups (broad SMARTS) is 1. The maximum absolute atomic E-state index is 12.2. The summed E-state index contributed by atoms with van der Waals surface area (Å²) in [5.41, 5.74) is 6.39. The first-order chi connectivity index (χ1) is 18.3. The molecule has 1 unspecified atom stereocenters. The summed E-state index contributed by atoms with van der Waals surface area (Å²) in [4.78, 5) is 24.5. The molecule has 204 valence electrons. The molecular weight excluding hydrogens is 494 g/mol. The first-order valence-corrected chi connectivity index (χ1v) is 14.5. The Morgan fingerprint density at radius 3 is 2.37 bits per heavy atom. The maximum Gasteiger partial charge on any atom is 0.305 e. The summed E-state index contributed by atoms with van der Waals surface area (Å²) in [5.74, 6) is 0.141. The van der Waals surface area contributed by atoms with Crippen LogP contribution in [0.4, 0.5) is 0 Å². The number of carbonyl (C=O) groups excluding carboxylic acids is 1. The minimum absolute atomic E-state index is 0.0739. The van der Waals surface area contributed by atoms with Crippen LogP contribution in [0.25, 0.3) is 11.1 Å². The fraction of sp³-hybridized carbons (Fsp3) is 0.438. The lowest BCUT2D eigenvalue weighted by molar-refractivity contribution is -0.136. The minimum atomic E-state index is -0.919. The smallest absolute Gasteiger partial charge is 0.305 e. The number of benzene rings is 2. The molecule has 5 nitrogen and oxygen atoms in total. The second-order valence-corrected chi connectivity index (χ2v) is 11.4. The van der Waals surface area contributed by atoms with Gasteiger partial charge in [-0.3, -0.25) is 9.59 Å². The van der Waals surface area contributed by atoms with Gasteiger partial charge >= 0.3 is 5.97 Å². The molecule has 6 heteroatoms. The molecular formula is C32H41NO4S. The summed E-state index contributed by atoms with van der Waals surface area (Å²) < 4.78 is 6.18. The van der Waals surface area contributed by atoms with E-state index in [-0.39, 0.29) is 18.9 Å². The van der Waals surface area contributed by atoms with E-state index in [1.165, 1.54) is 58.4 Å². The molecule has 0 radical (unpaired) electrons. The summed E-state index contributed by atoms with van der Waals surface area (Å²) in [6.45, 7) is 9.51. The molecule has 2 N–H and O–H groups in total. The zero-order valence-corrected chi connectivity index (χ0v) is 24.0. The van der Waals surface area contributed by atoms with Gasteiger partial charge in [0.1, 0.15) is 5.75 Å². The molecule has 3 rings (SSSR count). The average Bonchev–Trinajstić information content (AvgIpc) is 3.36. The number of hydrogen-bond donors (Lipinski definition) is 2. The molecule has 3 aromatic rings. The number of nitrogens with one attached hydrogen (secondary N) is 1. The number of ether oxygens (including phenoxy) is 1. The maximum atomic E-state index is 12.2. The van der Waals surface area contributed by atoms with Crippen molar-refractivity contribution >= 4 is 23.2 Å². The number of aryl methyl sites for hydroxylation is 4.